The van der Waals surface area contributed by atoms with Crippen LogP contribution in [0.4, 0.5) is 18.9 Å². The molecule has 0 bridgehead atoms. The van der Waals surface area contributed by atoms with Gasteiger partial charge in [-0.05, 0) is 43.3 Å². The van der Waals surface area contributed by atoms with E-state index in [4.69, 9.17) is 11.6 Å². The largest absolute Gasteiger partial charge is 0.438 e. The fraction of sp³-hybridized carbons (Fsp3) is 0.318. The average Bonchev–Trinajstić information content (AvgIpc) is 2.78. The normalized spacial score (nSPS) is 15.8. The van der Waals surface area contributed by atoms with Crippen molar-refractivity contribution in [2.45, 2.75) is 19.1 Å². The van der Waals surface area contributed by atoms with E-state index in [0.717, 1.165) is 10.3 Å². The Bertz CT molecular complexity index is 1200. The first-order valence-corrected chi connectivity index (χ1v) is 10.4. The lowest BCUT2D eigenvalue weighted by Crippen LogP contribution is -2.51. The molecule has 1 aliphatic heterocycles. The second-order valence-corrected chi connectivity index (χ2v) is 8.02. The molecular weight excluding hydrogens is 445 g/mol. The molecule has 4 rings (SSSR count). The van der Waals surface area contributed by atoms with Gasteiger partial charge in [0.1, 0.15) is 6.04 Å². The summed E-state index contributed by atoms with van der Waals surface area (Å²) in [5, 5.41) is 0.629. The van der Waals surface area contributed by atoms with E-state index in [0.29, 0.717) is 31.2 Å². The molecule has 1 fully saturated rings. The average molecular weight is 465 g/mol. The summed E-state index contributed by atoms with van der Waals surface area (Å²) in [7, 11) is 0. The lowest BCUT2D eigenvalue weighted by molar-refractivity contribution is -0.143. The highest BCUT2D eigenvalue weighted by atomic mass is 35.5. The Balaban J connectivity index is 1.60. The van der Waals surface area contributed by atoms with E-state index in [9.17, 15) is 22.8 Å². The minimum absolute atomic E-state index is 0.00614. The number of halogens is 4. The third-order valence-corrected chi connectivity index (χ3v) is 5.84. The van der Waals surface area contributed by atoms with Gasteiger partial charge >= 0.3 is 6.18 Å². The molecule has 0 radical (unpaired) electrons. The number of benzene rings is 2. The van der Waals surface area contributed by atoms with E-state index in [1.165, 1.54) is 25.1 Å². The Hall–Kier alpha value is -3.07. The molecule has 2 aromatic carbocycles. The summed E-state index contributed by atoms with van der Waals surface area (Å²) in [6.07, 6.45) is -4.92. The molecule has 0 spiro atoms. The third-order valence-electron chi connectivity index (χ3n) is 5.59. The van der Waals surface area contributed by atoms with Gasteiger partial charge in [-0.3, -0.25) is 14.2 Å². The number of anilines is 1. The van der Waals surface area contributed by atoms with Crippen molar-refractivity contribution < 1.29 is 18.0 Å². The summed E-state index contributed by atoms with van der Waals surface area (Å²) < 4.78 is 41.2. The van der Waals surface area contributed by atoms with Gasteiger partial charge in [0.15, 0.2) is 0 Å². The molecule has 0 unspecified atom stereocenters. The first kappa shape index (κ1) is 22.1. The van der Waals surface area contributed by atoms with Gasteiger partial charge in [-0.2, -0.15) is 13.2 Å². The van der Waals surface area contributed by atoms with Gasteiger partial charge in [-0.25, -0.2) is 4.98 Å². The zero-order valence-corrected chi connectivity index (χ0v) is 17.9. The second-order valence-electron chi connectivity index (χ2n) is 7.59. The van der Waals surface area contributed by atoms with Crippen LogP contribution in [0.25, 0.3) is 11.0 Å². The minimum atomic E-state index is -4.92. The van der Waals surface area contributed by atoms with Crippen LogP contribution in [-0.4, -0.2) is 46.5 Å². The van der Waals surface area contributed by atoms with E-state index in [-0.39, 0.29) is 11.0 Å². The summed E-state index contributed by atoms with van der Waals surface area (Å²) in [4.78, 5) is 33.1. The van der Waals surface area contributed by atoms with Gasteiger partial charge in [-0.15, -0.1) is 0 Å². The number of carbonyl (C=O) groups is 1. The number of rotatable bonds is 3. The van der Waals surface area contributed by atoms with E-state index < -0.39 is 29.4 Å². The number of amides is 1. The monoisotopic (exact) mass is 464 g/mol. The van der Waals surface area contributed by atoms with Crippen molar-refractivity contribution in [1.82, 2.24) is 14.5 Å². The molecule has 1 atom stereocenters. The van der Waals surface area contributed by atoms with Crippen LogP contribution in [0, 0.1) is 0 Å². The number of fused-ring (bicyclic) bond motifs is 1. The van der Waals surface area contributed by atoms with Gasteiger partial charge in [0.25, 0.3) is 5.56 Å². The molecule has 2 heterocycles. The zero-order valence-electron chi connectivity index (χ0n) is 17.1. The number of alkyl halides is 3. The van der Waals surface area contributed by atoms with E-state index in [1.54, 1.807) is 23.1 Å². The van der Waals surface area contributed by atoms with Gasteiger partial charge in [0.05, 0.1) is 11.0 Å². The number of para-hydroxylation sites is 2. The minimum Gasteiger partial charge on any atom is -0.368 e. The maximum atomic E-state index is 13.4. The molecule has 10 heteroatoms. The van der Waals surface area contributed by atoms with Gasteiger partial charge < -0.3 is 9.80 Å². The lowest BCUT2D eigenvalue weighted by atomic mass is 10.2. The number of carbonyl (C=O) groups excluding carboxylic acids is 1. The van der Waals surface area contributed by atoms with Gasteiger partial charge in [0.2, 0.25) is 11.6 Å². The summed E-state index contributed by atoms with van der Waals surface area (Å²) >= 11 is 5.93. The molecule has 32 heavy (non-hydrogen) atoms. The zero-order chi connectivity index (χ0) is 23.0. The Labute approximate surface area is 186 Å². The molecule has 1 amide bonds. The predicted octanol–water partition coefficient (Wildman–Crippen LogP) is 3.98. The molecule has 6 nitrogen and oxygen atoms in total. The fourth-order valence-electron chi connectivity index (χ4n) is 3.93. The SMILES string of the molecule is C[C@H](C(=O)N1CCN(c2ccc(Cl)cc2)CC1)n1c(=O)c(C(F)(F)F)nc2ccccc21. The van der Waals surface area contributed by atoms with Crippen molar-refractivity contribution in [3.63, 3.8) is 0 Å². The molecule has 1 saturated heterocycles. The molecule has 0 aliphatic carbocycles. The maximum Gasteiger partial charge on any atom is 0.438 e. The van der Waals surface area contributed by atoms with Crippen molar-refractivity contribution in [3.8, 4) is 0 Å². The standard InChI is InChI=1S/C22H20ClF3N4O2/c1-14(20(31)29-12-10-28(11-13-29)16-8-6-15(23)7-9-16)30-18-5-3-2-4-17(18)27-19(21(30)32)22(24,25)26/h2-9,14H,10-13H2,1H3/t14-/m1/s1. The van der Waals surface area contributed by atoms with Crippen molar-refractivity contribution in [3.05, 3.63) is 69.6 Å². The van der Waals surface area contributed by atoms with Crippen LogP contribution in [-0.2, 0) is 11.0 Å². The maximum absolute atomic E-state index is 13.4. The van der Waals surface area contributed by atoms with Gasteiger partial charge in [-0.1, -0.05) is 23.7 Å². The van der Waals surface area contributed by atoms with E-state index >= 15 is 0 Å². The number of hydrogen-bond acceptors (Lipinski definition) is 4. The summed E-state index contributed by atoms with van der Waals surface area (Å²) in [6, 6.07) is 12.3. The summed E-state index contributed by atoms with van der Waals surface area (Å²) in [5.41, 5.74) is -1.68. The highest BCUT2D eigenvalue weighted by Gasteiger charge is 2.39. The lowest BCUT2D eigenvalue weighted by Gasteiger charge is -2.37. The quantitative estimate of drug-likeness (QED) is 0.588. The van der Waals surface area contributed by atoms with Crippen LogP contribution < -0.4 is 10.5 Å². The first-order valence-electron chi connectivity index (χ1n) is 10.0. The molecule has 1 aromatic heterocycles. The molecule has 168 valence electrons. The molecule has 3 aromatic rings. The smallest absolute Gasteiger partial charge is 0.368 e. The van der Waals surface area contributed by atoms with Crippen molar-refractivity contribution in [2.75, 3.05) is 31.1 Å². The highest BCUT2D eigenvalue weighted by molar-refractivity contribution is 6.30. The summed E-state index contributed by atoms with van der Waals surface area (Å²) in [6.45, 7) is 3.33. The van der Waals surface area contributed by atoms with Crippen LogP contribution in [0.15, 0.2) is 53.3 Å². The second kappa shape index (κ2) is 8.46. The van der Waals surface area contributed by atoms with Crippen molar-refractivity contribution in [2.24, 2.45) is 0 Å². The van der Waals surface area contributed by atoms with Crippen molar-refractivity contribution >= 4 is 34.2 Å². The van der Waals surface area contributed by atoms with Crippen LogP contribution in [0.1, 0.15) is 18.7 Å². The third kappa shape index (κ3) is 4.17. The first-order chi connectivity index (χ1) is 15.2. The van der Waals surface area contributed by atoms with E-state index in [2.05, 4.69) is 9.88 Å². The molecule has 0 saturated carbocycles. The Morgan fingerprint density at radius 2 is 1.66 bits per heavy atom. The van der Waals surface area contributed by atoms with Crippen LogP contribution in [0.2, 0.25) is 5.02 Å². The van der Waals surface area contributed by atoms with Crippen LogP contribution >= 0.6 is 11.6 Å². The molecule has 0 N–H and O–H groups in total. The summed E-state index contributed by atoms with van der Waals surface area (Å²) in [5.74, 6) is -0.410. The topological polar surface area (TPSA) is 58.4 Å². The van der Waals surface area contributed by atoms with Gasteiger partial charge in [0, 0.05) is 36.9 Å². The molecule has 1 aliphatic rings. The number of nitrogens with zero attached hydrogens (tertiary/aromatic N) is 4. The Kier molecular flexibility index (Phi) is 5.85. The number of aromatic nitrogens is 2. The van der Waals surface area contributed by atoms with E-state index in [1.807, 2.05) is 12.1 Å². The molecular formula is C22H20ClF3N4O2. The number of hydrogen-bond donors (Lipinski definition) is 0. The number of piperazine rings is 1. The van der Waals surface area contributed by atoms with Crippen LogP contribution in [0.5, 0.6) is 0 Å². The Morgan fingerprint density at radius 3 is 2.28 bits per heavy atom. The van der Waals surface area contributed by atoms with Crippen LogP contribution in [0.3, 0.4) is 0 Å². The van der Waals surface area contributed by atoms with Crippen molar-refractivity contribution in [1.29, 1.82) is 0 Å². The highest BCUT2D eigenvalue weighted by Crippen LogP contribution is 2.28. The Morgan fingerprint density at radius 1 is 1.03 bits per heavy atom. The predicted molar refractivity (Wildman–Crippen MR) is 116 cm³/mol. The fourth-order valence-corrected chi connectivity index (χ4v) is 4.06.